The Hall–Kier alpha value is -2.73. The second-order valence-corrected chi connectivity index (χ2v) is 11.2. The van der Waals surface area contributed by atoms with Gasteiger partial charge in [0.2, 0.25) is 17.7 Å². The summed E-state index contributed by atoms with van der Waals surface area (Å²) in [6.07, 6.45) is 0.482. The Morgan fingerprint density at radius 1 is 1.15 bits per heavy atom. The maximum Gasteiger partial charge on any atom is 0.245 e. The van der Waals surface area contributed by atoms with E-state index in [1.807, 2.05) is 20.8 Å². The summed E-state index contributed by atoms with van der Waals surface area (Å²) in [7, 11) is 0. The van der Waals surface area contributed by atoms with Gasteiger partial charge in [0.1, 0.15) is 17.4 Å². The third-order valence-electron chi connectivity index (χ3n) is 8.95. The number of anilines is 1. The summed E-state index contributed by atoms with van der Waals surface area (Å²) in [5.41, 5.74) is -1.45. The van der Waals surface area contributed by atoms with E-state index in [-0.39, 0.29) is 36.8 Å². The van der Waals surface area contributed by atoms with Crippen LogP contribution in [-0.2, 0) is 23.9 Å². The van der Waals surface area contributed by atoms with Gasteiger partial charge in [0.05, 0.1) is 43.9 Å². The Bertz CT molecular complexity index is 1080. The highest BCUT2D eigenvalue weighted by molar-refractivity contribution is 6.02. The maximum atomic E-state index is 13.9. The zero-order valence-corrected chi connectivity index (χ0v) is 23.0. The van der Waals surface area contributed by atoms with Crippen molar-refractivity contribution in [1.29, 1.82) is 0 Å². The van der Waals surface area contributed by atoms with Gasteiger partial charge in [0.15, 0.2) is 0 Å². The van der Waals surface area contributed by atoms with Crippen LogP contribution in [0.2, 0.25) is 0 Å². The second kappa shape index (κ2) is 11.0. The van der Waals surface area contributed by atoms with Crippen molar-refractivity contribution in [3.63, 3.8) is 0 Å². The van der Waals surface area contributed by atoms with Crippen molar-refractivity contribution in [2.45, 2.75) is 44.4 Å². The first-order chi connectivity index (χ1) is 18.7. The van der Waals surface area contributed by atoms with E-state index in [4.69, 9.17) is 14.2 Å². The molecule has 4 fully saturated rings. The number of aliphatic hydroxyl groups excluding tert-OH is 1. The predicted octanol–water partition coefficient (Wildman–Crippen LogP) is 0.475. The average molecular weight is 545 g/mol. The number of benzene rings is 1. The van der Waals surface area contributed by atoms with E-state index in [2.05, 4.69) is 15.5 Å². The molecular formula is C28H40N4O7. The van der Waals surface area contributed by atoms with Crippen LogP contribution >= 0.6 is 0 Å². The molecule has 11 nitrogen and oxygen atoms in total. The van der Waals surface area contributed by atoms with E-state index in [1.54, 1.807) is 24.3 Å². The fourth-order valence-electron chi connectivity index (χ4n) is 7.07. The standard InChI is InChI=1S/C28H40N4O7/c1-4-38-20-7-5-19(6-8-20)30-24(34)21-22-26(36)32(11-14-33)23(28(22)17-18(2)27(21,3)39-28)25(35)29-9-10-31-12-15-37-16-13-31/h5-8,18,21-23,33H,4,9-17H2,1-3H3,(H,29,35)(H,30,34)/t18?,21-,22-,23?,27+,28?/m0/s1. The van der Waals surface area contributed by atoms with Gasteiger partial charge in [-0.2, -0.15) is 0 Å². The molecule has 1 aromatic rings. The molecule has 4 aliphatic rings. The molecule has 0 saturated carbocycles. The number of hydrogen-bond acceptors (Lipinski definition) is 8. The van der Waals surface area contributed by atoms with Crippen molar-refractivity contribution in [1.82, 2.24) is 15.1 Å². The van der Waals surface area contributed by atoms with E-state index in [0.29, 0.717) is 50.8 Å². The molecule has 11 heteroatoms. The molecule has 0 aromatic heterocycles. The monoisotopic (exact) mass is 544 g/mol. The number of ether oxygens (including phenoxy) is 3. The number of hydrogen-bond donors (Lipinski definition) is 3. The summed E-state index contributed by atoms with van der Waals surface area (Å²) in [4.78, 5) is 45.0. The van der Waals surface area contributed by atoms with Gasteiger partial charge in [-0.3, -0.25) is 19.3 Å². The third-order valence-corrected chi connectivity index (χ3v) is 8.95. The summed E-state index contributed by atoms with van der Waals surface area (Å²) >= 11 is 0. The molecule has 214 valence electrons. The van der Waals surface area contributed by atoms with E-state index in [9.17, 15) is 19.5 Å². The number of nitrogens with one attached hydrogen (secondary N) is 2. The average Bonchev–Trinajstić information content (AvgIpc) is 3.43. The van der Waals surface area contributed by atoms with E-state index >= 15 is 0 Å². The molecule has 1 spiro atoms. The van der Waals surface area contributed by atoms with Crippen LogP contribution in [0, 0.1) is 17.8 Å². The first-order valence-corrected chi connectivity index (χ1v) is 14.0. The molecule has 4 heterocycles. The van der Waals surface area contributed by atoms with E-state index in [1.165, 1.54) is 4.90 Å². The lowest BCUT2D eigenvalue weighted by molar-refractivity contribution is -0.146. The zero-order chi connectivity index (χ0) is 27.8. The highest BCUT2D eigenvalue weighted by atomic mass is 16.5. The van der Waals surface area contributed by atoms with Crippen LogP contribution in [0.1, 0.15) is 27.2 Å². The van der Waals surface area contributed by atoms with Crippen LogP contribution in [-0.4, -0.2) is 109 Å². The first-order valence-electron chi connectivity index (χ1n) is 14.0. The molecule has 3 unspecified atom stereocenters. The minimum absolute atomic E-state index is 0.000316. The molecule has 4 saturated heterocycles. The van der Waals surface area contributed by atoms with Crippen molar-refractivity contribution < 1.29 is 33.7 Å². The van der Waals surface area contributed by atoms with Gasteiger partial charge in [-0.25, -0.2) is 0 Å². The smallest absolute Gasteiger partial charge is 0.245 e. The van der Waals surface area contributed by atoms with Gasteiger partial charge in [-0.05, 0) is 50.5 Å². The largest absolute Gasteiger partial charge is 0.494 e. The Morgan fingerprint density at radius 3 is 2.54 bits per heavy atom. The van der Waals surface area contributed by atoms with Crippen LogP contribution in [0.15, 0.2) is 24.3 Å². The van der Waals surface area contributed by atoms with E-state index < -0.39 is 29.1 Å². The van der Waals surface area contributed by atoms with Crippen LogP contribution in [0.4, 0.5) is 5.69 Å². The lowest BCUT2D eigenvalue weighted by Gasteiger charge is -2.36. The van der Waals surface area contributed by atoms with Crippen LogP contribution < -0.4 is 15.4 Å². The highest BCUT2D eigenvalue weighted by Crippen LogP contribution is 2.65. The Morgan fingerprint density at radius 2 is 1.87 bits per heavy atom. The molecule has 0 aliphatic carbocycles. The number of aliphatic hydroxyl groups is 1. The Balaban J connectivity index is 1.37. The van der Waals surface area contributed by atoms with Crippen molar-refractivity contribution in [3.05, 3.63) is 24.3 Å². The normalized spacial score (nSPS) is 33.7. The van der Waals surface area contributed by atoms with Gasteiger partial charge in [-0.1, -0.05) is 6.92 Å². The lowest BCUT2D eigenvalue weighted by Crippen LogP contribution is -2.56. The van der Waals surface area contributed by atoms with Crippen molar-refractivity contribution in [3.8, 4) is 5.75 Å². The minimum atomic E-state index is -1.13. The summed E-state index contributed by atoms with van der Waals surface area (Å²) in [6, 6.07) is 6.17. The number of nitrogens with zero attached hydrogens (tertiary/aromatic N) is 2. The van der Waals surface area contributed by atoms with Crippen LogP contribution in [0.3, 0.4) is 0 Å². The van der Waals surface area contributed by atoms with Crippen molar-refractivity contribution in [2.24, 2.45) is 17.8 Å². The molecule has 39 heavy (non-hydrogen) atoms. The van der Waals surface area contributed by atoms with Gasteiger partial charge in [-0.15, -0.1) is 0 Å². The summed E-state index contributed by atoms with van der Waals surface area (Å²) in [5.74, 6) is -1.90. The quantitative estimate of drug-likeness (QED) is 0.388. The molecule has 2 bridgehead atoms. The summed E-state index contributed by atoms with van der Waals surface area (Å²) in [5, 5.41) is 15.8. The Labute approximate surface area is 229 Å². The second-order valence-electron chi connectivity index (χ2n) is 11.2. The molecule has 6 atom stereocenters. The maximum absolute atomic E-state index is 13.9. The number of morpholine rings is 1. The SMILES string of the molecule is CCOc1ccc(NC(=O)[C@@H]2[C@H]3C(=O)N(CCO)C(C(=O)NCCN4CCOCC4)C34CC(C)[C@@]2(C)O4)cc1. The molecule has 4 aliphatic heterocycles. The first kappa shape index (κ1) is 27.8. The number of rotatable bonds is 10. The molecule has 1 aromatic carbocycles. The number of carbonyl (C=O) groups excluding carboxylic acids is 3. The predicted molar refractivity (Wildman–Crippen MR) is 142 cm³/mol. The van der Waals surface area contributed by atoms with Crippen molar-refractivity contribution in [2.75, 3.05) is 64.5 Å². The topological polar surface area (TPSA) is 130 Å². The van der Waals surface area contributed by atoms with Crippen LogP contribution in [0.25, 0.3) is 0 Å². The molecule has 5 rings (SSSR count). The summed E-state index contributed by atoms with van der Waals surface area (Å²) < 4.78 is 17.5. The molecule has 3 amide bonds. The molecular weight excluding hydrogens is 504 g/mol. The van der Waals surface area contributed by atoms with Crippen molar-refractivity contribution >= 4 is 23.4 Å². The highest BCUT2D eigenvalue weighted by Gasteiger charge is 2.79. The van der Waals surface area contributed by atoms with Gasteiger partial charge >= 0.3 is 0 Å². The van der Waals surface area contributed by atoms with Gasteiger partial charge < -0.3 is 34.9 Å². The number of β-amino-alcohol motifs (C(OH)–C–C–N with tert-alkyl or cyclic N) is 1. The third kappa shape index (κ3) is 4.79. The fraction of sp³-hybridized carbons (Fsp3) is 0.679. The molecule has 3 N–H and O–H groups in total. The lowest BCUT2D eigenvalue weighted by atomic mass is 9.62. The number of fused-ring (bicyclic) bond motifs is 1. The number of likely N-dealkylation sites (tertiary alicyclic amines) is 1. The minimum Gasteiger partial charge on any atom is -0.494 e. The van der Waals surface area contributed by atoms with Gasteiger partial charge in [0, 0.05) is 38.4 Å². The molecule has 0 radical (unpaired) electrons. The van der Waals surface area contributed by atoms with Crippen LogP contribution in [0.5, 0.6) is 5.75 Å². The number of carbonyl (C=O) groups is 3. The number of amides is 3. The van der Waals surface area contributed by atoms with E-state index in [0.717, 1.165) is 13.1 Å². The van der Waals surface area contributed by atoms with Gasteiger partial charge in [0.25, 0.3) is 0 Å². The Kier molecular flexibility index (Phi) is 7.87. The summed E-state index contributed by atoms with van der Waals surface area (Å²) in [6.45, 7) is 10.1. The fourth-order valence-corrected chi connectivity index (χ4v) is 7.07. The zero-order valence-electron chi connectivity index (χ0n) is 23.0.